The van der Waals surface area contributed by atoms with Crippen molar-refractivity contribution in [3.8, 4) is 5.75 Å². The van der Waals surface area contributed by atoms with Crippen molar-refractivity contribution in [1.29, 1.82) is 0 Å². The van der Waals surface area contributed by atoms with E-state index >= 15 is 0 Å². The maximum absolute atomic E-state index is 13.5. The lowest BCUT2D eigenvalue weighted by molar-refractivity contribution is 0.270. The lowest BCUT2D eigenvalue weighted by Crippen LogP contribution is -2.04. The number of aromatic nitrogens is 2. The van der Waals surface area contributed by atoms with Gasteiger partial charge in [0.15, 0.2) is 11.0 Å². The van der Waals surface area contributed by atoms with Gasteiger partial charge in [-0.1, -0.05) is 25.4 Å². The van der Waals surface area contributed by atoms with Crippen LogP contribution in [0.25, 0.3) is 10.9 Å². The molecule has 0 amide bonds. The summed E-state index contributed by atoms with van der Waals surface area (Å²) in [6, 6.07) is 1.59. The van der Waals surface area contributed by atoms with Crippen LogP contribution in [-0.2, 0) is 0 Å². The second-order valence-corrected chi connectivity index (χ2v) is 4.53. The van der Waals surface area contributed by atoms with E-state index in [1.807, 2.05) is 13.8 Å². The second kappa shape index (κ2) is 4.84. The largest absolute Gasteiger partial charge is 0.492 e. The lowest BCUT2D eigenvalue weighted by Gasteiger charge is -2.09. The first-order valence-electron chi connectivity index (χ1n) is 5.30. The number of hydrogen-bond donors (Lipinski definition) is 0. The maximum Gasteiger partial charge on any atom is 0.155 e. The minimum Gasteiger partial charge on any atom is -0.492 e. The topological polar surface area (TPSA) is 35.0 Å². The second-order valence-electron chi connectivity index (χ2n) is 4.17. The first-order chi connectivity index (χ1) is 8.08. The van der Waals surface area contributed by atoms with E-state index in [0.29, 0.717) is 29.2 Å². The third-order valence-electron chi connectivity index (χ3n) is 2.19. The van der Waals surface area contributed by atoms with E-state index in [0.717, 1.165) is 6.20 Å². The molecular formula is C12H12ClFN2O. The van der Waals surface area contributed by atoms with Crippen LogP contribution in [0.5, 0.6) is 5.75 Å². The number of rotatable bonds is 3. The highest BCUT2D eigenvalue weighted by molar-refractivity contribution is 6.33. The minimum atomic E-state index is -0.452. The zero-order valence-electron chi connectivity index (χ0n) is 9.58. The normalized spacial score (nSPS) is 11.1. The van der Waals surface area contributed by atoms with E-state index in [1.165, 1.54) is 6.20 Å². The smallest absolute Gasteiger partial charge is 0.155 e. The molecule has 5 heteroatoms. The number of nitrogens with zero attached hydrogens (tertiary/aromatic N) is 2. The number of pyridine rings is 2. The van der Waals surface area contributed by atoms with Gasteiger partial charge < -0.3 is 4.74 Å². The summed E-state index contributed by atoms with van der Waals surface area (Å²) in [6.45, 7) is 4.64. The molecule has 2 rings (SSSR count). The molecule has 0 N–H and O–H groups in total. The Labute approximate surface area is 104 Å². The summed E-state index contributed by atoms with van der Waals surface area (Å²) in [5.41, 5.74) is 0.351. The molecule has 0 unspecified atom stereocenters. The van der Waals surface area contributed by atoms with E-state index in [-0.39, 0.29) is 5.15 Å². The van der Waals surface area contributed by atoms with Crippen molar-refractivity contribution >= 4 is 22.5 Å². The molecule has 90 valence electrons. The molecule has 0 aliphatic rings. The highest BCUT2D eigenvalue weighted by atomic mass is 35.5. The molecule has 0 aliphatic carbocycles. The maximum atomic E-state index is 13.5. The molecule has 0 spiro atoms. The van der Waals surface area contributed by atoms with Gasteiger partial charge in [0.25, 0.3) is 0 Å². The van der Waals surface area contributed by atoms with Crippen molar-refractivity contribution in [3.63, 3.8) is 0 Å². The van der Waals surface area contributed by atoms with Crippen LogP contribution < -0.4 is 4.74 Å². The number of fused-ring (bicyclic) bond motifs is 1. The first kappa shape index (κ1) is 12.0. The lowest BCUT2D eigenvalue weighted by atomic mass is 10.2. The summed E-state index contributed by atoms with van der Waals surface area (Å²) in [6.07, 6.45) is 2.61. The summed E-state index contributed by atoms with van der Waals surface area (Å²) in [5, 5.41) is 0.517. The van der Waals surface area contributed by atoms with E-state index in [2.05, 4.69) is 9.97 Å². The Morgan fingerprint density at radius 3 is 2.82 bits per heavy atom. The Hall–Kier alpha value is -1.42. The number of ether oxygens (including phenoxy) is 1. The van der Waals surface area contributed by atoms with Crippen LogP contribution in [-0.4, -0.2) is 16.6 Å². The van der Waals surface area contributed by atoms with Crippen LogP contribution >= 0.6 is 11.6 Å². The molecule has 2 aromatic heterocycles. The molecule has 0 fully saturated rings. The Bertz CT molecular complexity index is 545. The van der Waals surface area contributed by atoms with Gasteiger partial charge in [-0.05, 0) is 12.0 Å². The molecule has 0 saturated heterocycles. The molecule has 0 aliphatic heterocycles. The molecule has 17 heavy (non-hydrogen) atoms. The third kappa shape index (κ3) is 2.64. The summed E-state index contributed by atoms with van der Waals surface area (Å²) in [7, 11) is 0. The van der Waals surface area contributed by atoms with E-state index < -0.39 is 5.82 Å². The SMILES string of the molecule is CC(C)COc1cnc2c(Cl)ncc(F)c2c1. The number of halogens is 2. The van der Waals surface area contributed by atoms with Crippen molar-refractivity contribution in [3.05, 3.63) is 29.4 Å². The van der Waals surface area contributed by atoms with Gasteiger partial charge in [-0.2, -0.15) is 0 Å². The van der Waals surface area contributed by atoms with E-state index in [4.69, 9.17) is 16.3 Å². The summed E-state index contributed by atoms with van der Waals surface area (Å²) in [5.74, 6) is 0.482. The fourth-order valence-electron chi connectivity index (χ4n) is 1.38. The van der Waals surface area contributed by atoms with Gasteiger partial charge in [-0.3, -0.25) is 0 Å². The Balaban J connectivity index is 2.39. The predicted octanol–water partition coefficient (Wildman–Crippen LogP) is 3.46. The van der Waals surface area contributed by atoms with Crippen LogP contribution in [0.3, 0.4) is 0 Å². The van der Waals surface area contributed by atoms with Crippen LogP contribution in [0.15, 0.2) is 18.5 Å². The van der Waals surface area contributed by atoms with E-state index in [9.17, 15) is 4.39 Å². The van der Waals surface area contributed by atoms with Crippen molar-refractivity contribution in [2.24, 2.45) is 5.92 Å². The molecule has 0 saturated carbocycles. The van der Waals surface area contributed by atoms with Crippen molar-refractivity contribution in [1.82, 2.24) is 9.97 Å². The summed E-state index contributed by atoms with van der Waals surface area (Å²) < 4.78 is 19.0. The van der Waals surface area contributed by atoms with Crippen LogP contribution in [0.2, 0.25) is 5.15 Å². The van der Waals surface area contributed by atoms with Gasteiger partial charge >= 0.3 is 0 Å². The van der Waals surface area contributed by atoms with Gasteiger partial charge in [0.05, 0.1) is 19.0 Å². The zero-order valence-corrected chi connectivity index (χ0v) is 10.3. The van der Waals surface area contributed by atoms with Crippen LogP contribution in [0.1, 0.15) is 13.8 Å². The first-order valence-corrected chi connectivity index (χ1v) is 5.68. The van der Waals surface area contributed by atoms with Crippen molar-refractivity contribution in [2.75, 3.05) is 6.61 Å². The highest BCUT2D eigenvalue weighted by Crippen LogP contribution is 2.25. The molecule has 0 aromatic carbocycles. The Morgan fingerprint density at radius 2 is 2.12 bits per heavy atom. The quantitative estimate of drug-likeness (QED) is 0.787. The van der Waals surface area contributed by atoms with Crippen LogP contribution in [0, 0.1) is 11.7 Å². The summed E-state index contributed by atoms with van der Waals surface area (Å²) >= 11 is 5.83. The predicted molar refractivity (Wildman–Crippen MR) is 64.8 cm³/mol. The Kier molecular flexibility index (Phi) is 3.43. The van der Waals surface area contributed by atoms with Gasteiger partial charge in [0.1, 0.15) is 11.3 Å². The summed E-state index contributed by atoms with van der Waals surface area (Å²) in [4.78, 5) is 7.76. The Morgan fingerprint density at radius 1 is 1.35 bits per heavy atom. The van der Waals surface area contributed by atoms with Crippen LogP contribution in [0.4, 0.5) is 4.39 Å². The minimum absolute atomic E-state index is 0.191. The van der Waals surface area contributed by atoms with Gasteiger partial charge in [-0.25, -0.2) is 14.4 Å². The van der Waals surface area contributed by atoms with Gasteiger partial charge in [0.2, 0.25) is 0 Å². The molecule has 2 heterocycles. The van der Waals surface area contributed by atoms with Gasteiger partial charge in [0, 0.05) is 5.39 Å². The highest BCUT2D eigenvalue weighted by Gasteiger charge is 2.09. The molecule has 0 atom stereocenters. The average molecular weight is 255 g/mol. The average Bonchev–Trinajstić information content (AvgIpc) is 2.31. The van der Waals surface area contributed by atoms with E-state index in [1.54, 1.807) is 6.07 Å². The molecule has 0 bridgehead atoms. The fraction of sp³-hybridized carbons (Fsp3) is 0.333. The zero-order chi connectivity index (χ0) is 12.4. The number of hydrogen-bond acceptors (Lipinski definition) is 3. The third-order valence-corrected chi connectivity index (χ3v) is 2.47. The molecule has 2 aromatic rings. The van der Waals surface area contributed by atoms with Crippen molar-refractivity contribution in [2.45, 2.75) is 13.8 Å². The van der Waals surface area contributed by atoms with Gasteiger partial charge in [-0.15, -0.1) is 0 Å². The standard InChI is InChI=1S/C12H12ClFN2O/c1-7(2)6-17-8-3-9-10(14)5-16-12(13)11(9)15-4-8/h3-5,7H,6H2,1-2H3. The molecule has 0 radical (unpaired) electrons. The fourth-order valence-corrected chi connectivity index (χ4v) is 1.58. The molecular weight excluding hydrogens is 243 g/mol. The van der Waals surface area contributed by atoms with Crippen molar-refractivity contribution < 1.29 is 9.13 Å². The monoisotopic (exact) mass is 254 g/mol. The molecule has 3 nitrogen and oxygen atoms in total.